The molecule has 0 aromatic heterocycles. The molecule has 102 valence electrons. The molecule has 1 aliphatic carbocycles. The van der Waals surface area contributed by atoms with Crippen LogP contribution in [0.2, 0.25) is 0 Å². The molecular weight excluding hydrogens is 254 g/mol. The Labute approximate surface area is 117 Å². The summed E-state index contributed by atoms with van der Waals surface area (Å²) in [5.74, 6) is -0.293. The molecule has 2 aliphatic rings. The van der Waals surface area contributed by atoms with Crippen molar-refractivity contribution in [3.05, 3.63) is 35.4 Å². The van der Waals surface area contributed by atoms with Gasteiger partial charge in [0.25, 0.3) is 5.91 Å². The Hall–Kier alpha value is -2.35. The molecular formula is C15H15N3O2. The number of nitriles is 1. The predicted octanol–water partition coefficient (Wildman–Crippen LogP) is 1.68. The van der Waals surface area contributed by atoms with E-state index in [0.29, 0.717) is 6.42 Å². The molecule has 5 nitrogen and oxygen atoms in total. The van der Waals surface area contributed by atoms with Gasteiger partial charge in [0, 0.05) is 0 Å². The number of nitrogens with zero attached hydrogens (tertiary/aromatic N) is 2. The van der Waals surface area contributed by atoms with E-state index in [0.717, 1.165) is 35.3 Å². The summed E-state index contributed by atoms with van der Waals surface area (Å²) in [4.78, 5) is 25.7. The van der Waals surface area contributed by atoms with Gasteiger partial charge in [-0.3, -0.25) is 4.79 Å². The number of carbonyl (C=O) groups is 2. The van der Waals surface area contributed by atoms with Crippen LogP contribution in [0.1, 0.15) is 30.4 Å². The number of imide groups is 1. The first-order chi connectivity index (χ1) is 9.69. The fourth-order valence-electron chi connectivity index (χ4n) is 3.19. The number of aryl methyl sites for hydroxylation is 1. The summed E-state index contributed by atoms with van der Waals surface area (Å²) in [6, 6.07) is 9.17. The zero-order chi connectivity index (χ0) is 14.2. The second-order valence-electron chi connectivity index (χ2n) is 5.25. The van der Waals surface area contributed by atoms with Gasteiger partial charge in [0.2, 0.25) is 0 Å². The van der Waals surface area contributed by atoms with Crippen LogP contribution in [-0.4, -0.2) is 23.4 Å². The van der Waals surface area contributed by atoms with Crippen LogP contribution in [0.25, 0.3) is 0 Å². The van der Waals surface area contributed by atoms with E-state index in [1.54, 1.807) is 0 Å². The van der Waals surface area contributed by atoms with Gasteiger partial charge in [0.15, 0.2) is 0 Å². The van der Waals surface area contributed by atoms with Gasteiger partial charge in [-0.05, 0) is 36.8 Å². The highest BCUT2D eigenvalue weighted by Crippen LogP contribution is 2.38. The highest BCUT2D eigenvalue weighted by Gasteiger charge is 2.53. The average molecular weight is 269 g/mol. The SMILES string of the molecule is N#CCN1C(=O)NC2(CCCCc3ccccc32)C1=O. The fraction of sp³-hybridized carbons (Fsp3) is 0.400. The number of fused-ring (bicyclic) bond motifs is 2. The van der Waals surface area contributed by atoms with E-state index in [2.05, 4.69) is 5.32 Å². The van der Waals surface area contributed by atoms with Gasteiger partial charge in [-0.25, -0.2) is 9.69 Å². The highest BCUT2D eigenvalue weighted by molar-refractivity contribution is 6.07. The third-order valence-corrected chi connectivity index (χ3v) is 4.13. The Morgan fingerprint density at radius 1 is 1.30 bits per heavy atom. The van der Waals surface area contributed by atoms with Crippen molar-refractivity contribution in [2.45, 2.75) is 31.2 Å². The molecule has 0 saturated carbocycles. The molecule has 20 heavy (non-hydrogen) atoms. The number of urea groups is 1. The number of amides is 3. The second-order valence-corrected chi connectivity index (χ2v) is 5.25. The summed E-state index contributed by atoms with van der Waals surface area (Å²) >= 11 is 0. The molecule has 1 fully saturated rings. The van der Waals surface area contributed by atoms with Crippen LogP contribution in [0, 0.1) is 11.3 Å². The van der Waals surface area contributed by atoms with E-state index >= 15 is 0 Å². The maximum Gasteiger partial charge on any atom is 0.326 e. The summed E-state index contributed by atoms with van der Waals surface area (Å²) in [6.45, 7) is -0.200. The zero-order valence-electron chi connectivity index (χ0n) is 11.1. The van der Waals surface area contributed by atoms with Crippen molar-refractivity contribution in [2.75, 3.05) is 6.54 Å². The fourth-order valence-corrected chi connectivity index (χ4v) is 3.19. The first kappa shape index (κ1) is 12.7. The van der Waals surface area contributed by atoms with E-state index in [-0.39, 0.29) is 12.5 Å². The van der Waals surface area contributed by atoms with E-state index in [4.69, 9.17) is 5.26 Å². The number of hydrogen-bond donors (Lipinski definition) is 1. The number of carbonyl (C=O) groups excluding carboxylic acids is 2. The van der Waals surface area contributed by atoms with Crippen molar-refractivity contribution in [3.63, 3.8) is 0 Å². The molecule has 1 N–H and O–H groups in total. The molecule has 1 saturated heterocycles. The van der Waals surface area contributed by atoms with Gasteiger partial charge in [0.05, 0.1) is 6.07 Å². The molecule has 1 aromatic carbocycles. The average Bonchev–Trinajstić information content (AvgIpc) is 2.62. The summed E-state index contributed by atoms with van der Waals surface area (Å²) < 4.78 is 0. The Morgan fingerprint density at radius 3 is 2.90 bits per heavy atom. The summed E-state index contributed by atoms with van der Waals surface area (Å²) in [5, 5.41) is 11.6. The standard InChI is InChI=1S/C15H15N3O2/c16-9-10-18-13(19)15(17-14(18)20)8-4-3-6-11-5-1-2-7-12(11)15/h1-2,5,7H,3-4,6,8,10H2,(H,17,20). The maximum atomic E-state index is 12.7. The van der Waals surface area contributed by atoms with Crippen LogP contribution in [0.3, 0.4) is 0 Å². The summed E-state index contributed by atoms with van der Waals surface area (Å²) in [7, 11) is 0. The van der Waals surface area contributed by atoms with E-state index in [9.17, 15) is 9.59 Å². The van der Waals surface area contributed by atoms with Crippen molar-refractivity contribution in [1.29, 1.82) is 5.26 Å². The molecule has 5 heteroatoms. The Bertz CT molecular complexity index is 620. The number of nitrogens with one attached hydrogen (secondary N) is 1. The number of rotatable bonds is 1. The smallest absolute Gasteiger partial charge is 0.319 e. The van der Waals surface area contributed by atoms with Crippen LogP contribution in [-0.2, 0) is 16.8 Å². The van der Waals surface area contributed by atoms with Crippen molar-refractivity contribution in [1.82, 2.24) is 10.2 Å². The highest BCUT2D eigenvalue weighted by atomic mass is 16.2. The third-order valence-electron chi connectivity index (χ3n) is 4.13. The number of benzene rings is 1. The van der Waals surface area contributed by atoms with Crippen molar-refractivity contribution >= 4 is 11.9 Å². The first-order valence-corrected chi connectivity index (χ1v) is 6.78. The van der Waals surface area contributed by atoms with Crippen LogP contribution in [0.15, 0.2) is 24.3 Å². The zero-order valence-corrected chi connectivity index (χ0v) is 11.1. The minimum absolute atomic E-state index is 0.200. The van der Waals surface area contributed by atoms with Crippen molar-refractivity contribution in [2.24, 2.45) is 0 Å². The van der Waals surface area contributed by atoms with Crippen LogP contribution in [0.5, 0.6) is 0 Å². The Kier molecular flexibility index (Phi) is 2.94. The van der Waals surface area contributed by atoms with Crippen LogP contribution >= 0.6 is 0 Å². The molecule has 1 atom stereocenters. The van der Waals surface area contributed by atoms with E-state index < -0.39 is 11.6 Å². The maximum absolute atomic E-state index is 12.7. The minimum Gasteiger partial charge on any atom is -0.319 e. The summed E-state index contributed by atoms with van der Waals surface area (Å²) in [5.41, 5.74) is 1.02. The molecule has 0 bridgehead atoms. The van der Waals surface area contributed by atoms with Gasteiger partial charge in [-0.2, -0.15) is 5.26 Å². The molecule has 3 amide bonds. The number of hydrogen-bond acceptors (Lipinski definition) is 3. The minimum atomic E-state index is -0.971. The lowest BCUT2D eigenvalue weighted by atomic mass is 9.84. The van der Waals surface area contributed by atoms with E-state index in [1.165, 1.54) is 0 Å². The van der Waals surface area contributed by atoms with Gasteiger partial charge in [0.1, 0.15) is 12.1 Å². The monoisotopic (exact) mass is 269 g/mol. The molecule has 1 aromatic rings. The Balaban J connectivity index is 2.11. The van der Waals surface area contributed by atoms with Gasteiger partial charge < -0.3 is 5.32 Å². The van der Waals surface area contributed by atoms with Gasteiger partial charge >= 0.3 is 6.03 Å². The molecule has 1 unspecified atom stereocenters. The predicted molar refractivity (Wildman–Crippen MR) is 71.5 cm³/mol. The quantitative estimate of drug-likeness (QED) is 0.622. The van der Waals surface area contributed by atoms with Gasteiger partial charge in [-0.15, -0.1) is 0 Å². The molecule has 1 aliphatic heterocycles. The van der Waals surface area contributed by atoms with Gasteiger partial charge in [-0.1, -0.05) is 24.3 Å². The van der Waals surface area contributed by atoms with Crippen molar-refractivity contribution < 1.29 is 9.59 Å². The molecule has 3 rings (SSSR count). The second kappa shape index (κ2) is 4.64. The van der Waals surface area contributed by atoms with Crippen LogP contribution < -0.4 is 5.32 Å². The lowest BCUT2D eigenvalue weighted by Gasteiger charge is -2.27. The third kappa shape index (κ3) is 1.68. The first-order valence-electron chi connectivity index (χ1n) is 6.78. The summed E-state index contributed by atoms with van der Waals surface area (Å²) in [6.07, 6.45) is 3.39. The molecule has 0 radical (unpaired) electrons. The topological polar surface area (TPSA) is 73.2 Å². The molecule has 1 spiro atoms. The lowest BCUT2D eigenvalue weighted by Crippen LogP contribution is -2.44. The van der Waals surface area contributed by atoms with Crippen LogP contribution in [0.4, 0.5) is 4.79 Å². The molecule has 1 heterocycles. The Morgan fingerprint density at radius 2 is 2.10 bits per heavy atom. The largest absolute Gasteiger partial charge is 0.326 e. The lowest BCUT2D eigenvalue weighted by molar-refractivity contribution is -0.131. The normalized spacial score (nSPS) is 25.1. The van der Waals surface area contributed by atoms with E-state index in [1.807, 2.05) is 30.3 Å². The van der Waals surface area contributed by atoms with Crippen molar-refractivity contribution in [3.8, 4) is 6.07 Å².